The van der Waals surface area contributed by atoms with Crippen molar-refractivity contribution in [1.29, 1.82) is 0 Å². The average Bonchev–Trinajstić information content (AvgIpc) is 2.81. The fourth-order valence-corrected chi connectivity index (χ4v) is 1.15. The van der Waals surface area contributed by atoms with Gasteiger partial charge in [-0.3, -0.25) is 0 Å². The van der Waals surface area contributed by atoms with Crippen LogP contribution >= 0.6 is 0 Å². The van der Waals surface area contributed by atoms with Gasteiger partial charge in [0.2, 0.25) is 0 Å². The lowest BCUT2D eigenvalue weighted by Gasteiger charge is -2.09. The molecule has 0 radical (unpaired) electrons. The molecule has 78 valence electrons. The van der Waals surface area contributed by atoms with E-state index < -0.39 is 12.3 Å². The maximum Gasteiger partial charge on any atom is 0.389 e. The Morgan fingerprint density at radius 1 is 1.20 bits per heavy atom. The molecule has 0 saturated heterocycles. The fraction of sp³-hybridized carbons (Fsp3) is 0.182. The molecule has 0 N–H and O–H groups in total. The van der Waals surface area contributed by atoms with Gasteiger partial charge in [-0.15, -0.1) is 0 Å². The van der Waals surface area contributed by atoms with Gasteiger partial charge in [-0.25, -0.2) is 4.79 Å². The lowest BCUT2D eigenvalue weighted by Crippen LogP contribution is -2.23. The molecular weight excluding hydrogens is 196 g/mol. The number of ether oxygens (including phenoxy) is 3. The van der Waals surface area contributed by atoms with Crippen LogP contribution in [-0.2, 0) is 25.6 Å². The van der Waals surface area contributed by atoms with Crippen LogP contribution in [0.3, 0.4) is 0 Å². The van der Waals surface area contributed by atoms with Gasteiger partial charge in [0.25, 0.3) is 0 Å². The van der Waals surface area contributed by atoms with Crippen LogP contribution in [0.15, 0.2) is 42.9 Å². The van der Waals surface area contributed by atoms with Crippen molar-refractivity contribution in [2.75, 3.05) is 0 Å². The SMILES string of the molecule is O=C(OCc1ccccc1)C1OC=CO1. The molecule has 0 amide bonds. The predicted molar refractivity (Wildman–Crippen MR) is 51.3 cm³/mol. The largest absolute Gasteiger partial charge is 0.455 e. The second-order valence-electron chi connectivity index (χ2n) is 2.97. The summed E-state index contributed by atoms with van der Waals surface area (Å²) >= 11 is 0. The van der Waals surface area contributed by atoms with Crippen LogP contribution < -0.4 is 0 Å². The monoisotopic (exact) mass is 206 g/mol. The van der Waals surface area contributed by atoms with E-state index in [2.05, 4.69) is 0 Å². The van der Waals surface area contributed by atoms with Gasteiger partial charge >= 0.3 is 12.3 Å². The quantitative estimate of drug-likeness (QED) is 0.704. The van der Waals surface area contributed by atoms with Gasteiger partial charge in [0, 0.05) is 0 Å². The Morgan fingerprint density at radius 2 is 1.87 bits per heavy atom. The first-order valence-electron chi connectivity index (χ1n) is 4.53. The van der Waals surface area contributed by atoms with E-state index in [9.17, 15) is 4.79 Å². The second kappa shape index (κ2) is 4.50. The van der Waals surface area contributed by atoms with Crippen molar-refractivity contribution < 1.29 is 19.0 Å². The van der Waals surface area contributed by atoms with Crippen LogP contribution in [0.2, 0.25) is 0 Å². The summed E-state index contributed by atoms with van der Waals surface area (Å²) in [6.45, 7) is 0.225. The van der Waals surface area contributed by atoms with Crippen LogP contribution in [0, 0.1) is 0 Å². The summed E-state index contributed by atoms with van der Waals surface area (Å²) in [7, 11) is 0. The summed E-state index contributed by atoms with van der Waals surface area (Å²) in [6, 6.07) is 9.42. The topological polar surface area (TPSA) is 44.8 Å². The van der Waals surface area contributed by atoms with Crippen LogP contribution in [-0.4, -0.2) is 12.3 Å². The zero-order valence-corrected chi connectivity index (χ0v) is 7.96. The average molecular weight is 206 g/mol. The molecule has 0 aliphatic carbocycles. The van der Waals surface area contributed by atoms with Gasteiger partial charge in [-0.05, 0) is 5.56 Å². The van der Waals surface area contributed by atoms with Crippen molar-refractivity contribution in [2.24, 2.45) is 0 Å². The molecule has 0 aromatic heterocycles. The molecule has 1 aromatic rings. The third kappa shape index (κ3) is 2.49. The molecule has 0 bridgehead atoms. The Labute approximate surface area is 87.1 Å². The molecule has 1 aromatic carbocycles. The maximum atomic E-state index is 11.3. The molecule has 15 heavy (non-hydrogen) atoms. The van der Waals surface area contributed by atoms with E-state index in [4.69, 9.17) is 14.2 Å². The highest BCUT2D eigenvalue weighted by atomic mass is 16.7. The van der Waals surface area contributed by atoms with Crippen molar-refractivity contribution in [2.45, 2.75) is 12.9 Å². The first-order valence-corrected chi connectivity index (χ1v) is 4.53. The molecule has 1 aliphatic rings. The van der Waals surface area contributed by atoms with Crippen molar-refractivity contribution in [3.8, 4) is 0 Å². The molecule has 4 nitrogen and oxygen atoms in total. The highest BCUT2D eigenvalue weighted by molar-refractivity contribution is 5.73. The Balaban J connectivity index is 1.81. The lowest BCUT2D eigenvalue weighted by molar-refractivity contribution is -0.170. The maximum absolute atomic E-state index is 11.3. The Morgan fingerprint density at radius 3 is 2.53 bits per heavy atom. The molecule has 1 heterocycles. The van der Waals surface area contributed by atoms with E-state index in [0.29, 0.717) is 0 Å². The number of hydrogen-bond acceptors (Lipinski definition) is 4. The summed E-state index contributed by atoms with van der Waals surface area (Å²) in [4.78, 5) is 11.3. The minimum absolute atomic E-state index is 0.225. The van der Waals surface area contributed by atoms with E-state index in [1.807, 2.05) is 30.3 Å². The molecule has 0 saturated carbocycles. The zero-order valence-electron chi connectivity index (χ0n) is 7.96. The van der Waals surface area contributed by atoms with Gasteiger partial charge in [0.05, 0.1) is 0 Å². The smallest absolute Gasteiger partial charge is 0.389 e. The van der Waals surface area contributed by atoms with Crippen LogP contribution in [0.5, 0.6) is 0 Å². The number of carbonyl (C=O) groups is 1. The molecule has 0 fully saturated rings. The number of carbonyl (C=O) groups excluding carboxylic acids is 1. The fourth-order valence-electron chi connectivity index (χ4n) is 1.15. The summed E-state index contributed by atoms with van der Waals surface area (Å²) in [5, 5.41) is 0. The molecule has 4 heteroatoms. The van der Waals surface area contributed by atoms with Gasteiger partial charge in [-0.2, -0.15) is 0 Å². The minimum atomic E-state index is -0.950. The number of hydrogen-bond donors (Lipinski definition) is 0. The summed E-state index contributed by atoms with van der Waals surface area (Å²) in [5.74, 6) is -0.524. The zero-order chi connectivity index (χ0) is 10.5. The number of rotatable bonds is 3. The highest BCUT2D eigenvalue weighted by Crippen LogP contribution is 2.08. The van der Waals surface area contributed by atoms with Gasteiger partial charge in [0.15, 0.2) is 0 Å². The summed E-state index contributed by atoms with van der Waals surface area (Å²) in [6.07, 6.45) is 1.68. The molecule has 0 atom stereocenters. The van der Waals surface area contributed by atoms with E-state index in [1.165, 1.54) is 12.5 Å². The summed E-state index contributed by atoms with van der Waals surface area (Å²) in [5.41, 5.74) is 0.928. The Bertz CT molecular complexity index is 350. The van der Waals surface area contributed by atoms with Gasteiger partial charge in [-0.1, -0.05) is 30.3 Å². The number of benzene rings is 1. The Hall–Kier alpha value is -1.97. The van der Waals surface area contributed by atoms with E-state index in [1.54, 1.807) is 0 Å². The van der Waals surface area contributed by atoms with E-state index in [0.717, 1.165) is 5.56 Å². The van der Waals surface area contributed by atoms with Crippen LogP contribution in [0.1, 0.15) is 5.56 Å². The standard InChI is InChI=1S/C11H10O4/c12-10(11-13-6-7-14-11)15-8-9-4-2-1-3-5-9/h1-7,11H,8H2. The first-order chi connectivity index (χ1) is 7.36. The van der Waals surface area contributed by atoms with Crippen LogP contribution in [0.4, 0.5) is 0 Å². The normalized spacial score (nSPS) is 14.4. The van der Waals surface area contributed by atoms with Crippen molar-refractivity contribution in [3.05, 3.63) is 48.4 Å². The highest BCUT2D eigenvalue weighted by Gasteiger charge is 2.24. The molecule has 1 aliphatic heterocycles. The molecule has 2 rings (SSSR count). The van der Waals surface area contributed by atoms with Gasteiger partial charge < -0.3 is 14.2 Å². The summed E-state index contributed by atoms with van der Waals surface area (Å²) < 4.78 is 14.6. The molecule has 0 unspecified atom stereocenters. The van der Waals surface area contributed by atoms with Crippen LogP contribution in [0.25, 0.3) is 0 Å². The Kier molecular flexibility index (Phi) is 2.88. The third-order valence-electron chi connectivity index (χ3n) is 1.88. The number of esters is 1. The van der Waals surface area contributed by atoms with Crippen molar-refractivity contribution in [3.63, 3.8) is 0 Å². The van der Waals surface area contributed by atoms with Gasteiger partial charge in [0.1, 0.15) is 19.1 Å². The van der Waals surface area contributed by atoms with Crippen molar-refractivity contribution in [1.82, 2.24) is 0 Å². The first kappa shape index (κ1) is 9.58. The minimum Gasteiger partial charge on any atom is -0.455 e. The third-order valence-corrected chi connectivity index (χ3v) is 1.88. The predicted octanol–water partition coefficient (Wildman–Crippen LogP) is 1.57. The second-order valence-corrected chi connectivity index (χ2v) is 2.97. The lowest BCUT2D eigenvalue weighted by atomic mass is 10.2. The molecular formula is C11H10O4. The van der Waals surface area contributed by atoms with Crippen molar-refractivity contribution >= 4 is 5.97 Å². The van der Waals surface area contributed by atoms with E-state index in [-0.39, 0.29) is 6.61 Å². The van der Waals surface area contributed by atoms with E-state index >= 15 is 0 Å². The molecule has 0 spiro atoms.